The number of likely N-dealkylation sites (tertiary alicyclic amines) is 1. The number of nitrogens with zero attached hydrogens (tertiary/aromatic N) is 3. The minimum absolute atomic E-state index is 0.267. The lowest BCUT2D eigenvalue weighted by Gasteiger charge is -2.23. The molecule has 22 heavy (non-hydrogen) atoms. The van der Waals surface area contributed by atoms with Crippen LogP contribution in [0.2, 0.25) is 0 Å². The SMILES string of the molecule is Cc1cccc(-c2noc(CN3CCCC3CC(C)O)n2)c1. The summed E-state index contributed by atoms with van der Waals surface area (Å²) in [4.78, 5) is 6.85. The largest absolute Gasteiger partial charge is 0.393 e. The van der Waals surface area contributed by atoms with E-state index < -0.39 is 0 Å². The molecule has 0 radical (unpaired) electrons. The molecule has 2 unspecified atom stereocenters. The van der Waals surface area contributed by atoms with E-state index in [0.29, 0.717) is 24.3 Å². The number of aryl methyl sites for hydroxylation is 1. The molecule has 2 atom stereocenters. The molecule has 0 bridgehead atoms. The van der Waals surface area contributed by atoms with E-state index in [1.807, 2.05) is 19.1 Å². The van der Waals surface area contributed by atoms with Crippen molar-refractivity contribution in [2.75, 3.05) is 6.54 Å². The highest BCUT2D eigenvalue weighted by atomic mass is 16.5. The van der Waals surface area contributed by atoms with Crippen LogP contribution in [0.3, 0.4) is 0 Å². The van der Waals surface area contributed by atoms with Crippen molar-refractivity contribution >= 4 is 0 Å². The van der Waals surface area contributed by atoms with E-state index in [1.54, 1.807) is 0 Å². The highest BCUT2D eigenvalue weighted by molar-refractivity contribution is 5.55. The van der Waals surface area contributed by atoms with Crippen molar-refractivity contribution in [3.8, 4) is 11.4 Å². The van der Waals surface area contributed by atoms with Crippen molar-refractivity contribution in [1.29, 1.82) is 0 Å². The fraction of sp³-hybridized carbons (Fsp3) is 0.529. The monoisotopic (exact) mass is 301 g/mol. The van der Waals surface area contributed by atoms with Gasteiger partial charge in [0.2, 0.25) is 11.7 Å². The third-order valence-corrected chi connectivity index (χ3v) is 4.19. The van der Waals surface area contributed by atoms with E-state index in [-0.39, 0.29) is 6.10 Å². The number of hydrogen-bond acceptors (Lipinski definition) is 5. The number of rotatable bonds is 5. The van der Waals surface area contributed by atoms with E-state index in [2.05, 4.69) is 34.1 Å². The Morgan fingerprint density at radius 1 is 1.45 bits per heavy atom. The zero-order valence-electron chi connectivity index (χ0n) is 13.2. The van der Waals surface area contributed by atoms with Gasteiger partial charge in [0, 0.05) is 11.6 Å². The molecule has 3 rings (SSSR count). The molecule has 0 saturated carbocycles. The molecular formula is C17H23N3O2. The van der Waals surface area contributed by atoms with E-state index in [1.165, 1.54) is 5.56 Å². The van der Waals surface area contributed by atoms with Crippen LogP contribution in [-0.4, -0.2) is 38.8 Å². The Morgan fingerprint density at radius 3 is 3.09 bits per heavy atom. The summed E-state index contributed by atoms with van der Waals surface area (Å²) in [7, 11) is 0. The van der Waals surface area contributed by atoms with Crippen molar-refractivity contribution in [3.63, 3.8) is 0 Å². The van der Waals surface area contributed by atoms with Gasteiger partial charge in [-0.2, -0.15) is 4.98 Å². The van der Waals surface area contributed by atoms with Crippen LogP contribution in [0.15, 0.2) is 28.8 Å². The Kier molecular flexibility index (Phi) is 4.55. The fourth-order valence-corrected chi connectivity index (χ4v) is 3.16. The Hall–Kier alpha value is -1.72. The van der Waals surface area contributed by atoms with Gasteiger partial charge in [-0.05, 0) is 45.7 Å². The fourth-order valence-electron chi connectivity index (χ4n) is 3.16. The molecule has 2 aromatic rings. The molecule has 5 heteroatoms. The number of aliphatic hydroxyl groups is 1. The maximum absolute atomic E-state index is 9.60. The van der Waals surface area contributed by atoms with Crippen LogP contribution in [0.25, 0.3) is 11.4 Å². The van der Waals surface area contributed by atoms with Gasteiger partial charge in [-0.3, -0.25) is 4.90 Å². The number of aromatic nitrogens is 2. The molecule has 1 fully saturated rings. The lowest BCUT2D eigenvalue weighted by Crippen LogP contribution is -2.31. The standard InChI is InChI=1S/C17H23N3O2/c1-12-5-3-6-14(9-12)17-18-16(22-19-17)11-20-8-4-7-15(20)10-13(2)21/h3,5-6,9,13,15,21H,4,7-8,10-11H2,1-2H3. The van der Waals surface area contributed by atoms with Crippen molar-refractivity contribution in [3.05, 3.63) is 35.7 Å². The van der Waals surface area contributed by atoms with Crippen LogP contribution >= 0.6 is 0 Å². The second-order valence-corrected chi connectivity index (χ2v) is 6.23. The Balaban J connectivity index is 1.69. The molecule has 0 spiro atoms. The van der Waals surface area contributed by atoms with E-state index in [0.717, 1.165) is 31.4 Å². The van der Waals surface area contributed by atoms with Gasteiger partial charge >= 0.3 is 0 Å². The second-order valence-electron chi connectivity index (χ2n) is 6.23. The van der Waals surface area contributed by atoms with E-state index in [4.69, 9.17) is 4.52 Å². The van der Waals surface area contributed by atoms with Gasteiger partial charge in [-0.1, -0.05) is 28.9 Å². The summed E-state index contributed by atoms with van der Waals surface area (Å²) in [6, 6.07) is 8.51. The molecular weight excluding hydrogens is 278 g/mol. The molecule has 1 aliphatic heterocycles. The molecule has 1 saturated heterocycles. The van der Waals surface area contributed by atoms with Crippen LogP contribution in [0, 0.1) is 6.92 Å². The molecule has 0 aliphatic carbocycles. The normalized spacial score (nSPS) is 20.4. The van der Waals surface area contributed by atoms with Gasteiger partial charge in [0.15, 0.2) is 0 Å². The van der Waals surface area contributed by atoms with Gasteiger partial charge in [-0.25, -0.2) is 0 Å². The maximum Gasteiger partial charge on any atom is 0.241 e. The maximum atomic E-state index is 9.60. The van der Waals surface area contributed by atoms with Gasteiger partial charge in [0.1, 0.15) is 0 Å². The van der Waals surface area contributed by atoms with Crippen LogP contribution in [0.1, 0.15) is 37.6 Å². The Morgan fingerprint density at radius 2 is 2.32 bits per heavy atom. The molecule has 2 heterocycles. The molecule has 1 aromatic heterocycles. The predicted molar refractivity (Wildman–Crippen MR) is 84.2 cm³/mol. The van der Waals surface area contributed by atoms with Crippen LogP contribution in [0.5, 0.6) is 0 Å². The molecule has 1 N–H and O–H groups in total. The van der Waals surface area contributed by atoms with Gasteiger partial charge in [0.05, 0.1) is 12.6 Å². The summed E-state index contributed by atoms with van der Waals surface area (Å²) < 4.78 is 5.41. The Labute approximate surface area is 131 Å². The summed E-state index contributed by atoms with van der Waals surface area (Å²) in [5.41, 5.74) is 2.16. The summed E-state index contributed by atoms with van der Waals surface area (Å²) in [5, 5.41) is 13.7. The molecule has 1 aliphatic rings. The molecule has 0 amide bonds. The molecule has 5 nitrogen and oxygen atoms in total. The topological polar surface area (TPSA) is 62.4 Å². The molecule has 118 valence electrons. The van der Waals surface area contributed by atoms with Crippen molar-refractivity contribution in [1.82, 2.24) is 15.0 Å². The minimum Gasteiger partial charge on any atom is -0.393 e. The lowest BCUT2D eigenvalue weighted by molar-refractivity contribution is 0.124. The quantitative estimate of drug-likeness (QED) is 0.920. The van der Waals surface area contributed by atoms with Gasteiger partial charge in [-0.15, -0.1) is 0 Å². The average Bonchev–Trinajstić information content (AvgIpc) is 3.09. The predicted octanol–water partition coefficient (Wildman–Crippen LogP) is 2.78. The van der Waals surface area contributed by atoms with Crippen LogP contribution < -0.4 is 0 Å². The summed E-state index contributed by atoms with van der Waals surface area (Å²) >= 11 is 0. The number of hydrogen-bond donors (Lipinski definition) is 1. The first-order valence-corrected chi connectivity index (χ1v) is 7.93. The third-order valence-electron chi connectivity index (χ3n) is 4.19. The Bertz CT molecular complexity index is 624. The zero-order valence-corrected chi connectivity index (χ0v) is 13.2. The van der Waals surface area contributed by atoms with E-state index >= 15 is 0 Å². The summed E-state index contributed by atoms with van der Waals surface area (Å²) in [6.45, 7) is 5.59. The number of aliphatic hydroxyl groups excluding tert-OH is 1. The van der Waals surface area contributed by atoms with Crippen molar-refractivity contribution < 1.29 is 9.63 Å². The van der Waals surface area contributed by atoms with Crippen molar-refractivity contribution in [2.24, 2.45) is 0 Å². The summed E-state index contributed by atoms with van der Waals surface area (Å²) in [5.74, 6) is 1.29. The van der Waals surface area contributed by atoms with Crippen molar-refractivity contribution in [2.45, 2.75) is 51.8 Å². The molecule has 1 aromatic carbocycles. The highest BCUT2D eigenvalue weighted by Gasteiger charge is 2.27. The lowest BCUT2D eigenvalue weighted by atomic mass is 10.1. The van der Waals surface area contributed by atoms with Gasteiger partial charge in [0.25, 0.3) is 0 Å². The zero-order chi connectivity index (χ0) is 15.5. The van der Waals surface area contributed by atoms with Crippen LogP contribution in [0.4, 0.5) is 0 Å². The first-order valence-electron chi connectivity index (χ1n) is 7.93. The smallest absolute Gasteiger partial charge is 0.241 e. The second kappa shape index (κ2) is 6.58. The van der Waals surface area contributed by atoms with Crippen LogP contribution in [-0.2, 0) is 6.54 Å². The minimum atomic E-state index is -0.267. The first-order chi connectivity index (χ1) is 10.6. The summed E-state index contributed by atoms with van der Waals surface area (Å²) in [6.07, 6.45) is 2.83. The third kappa shape index (κ3) is 3.54. The number of benzene rings is 1. The van der Waals surface area contributed by atoms with Gasteiger partial charge < -0.3 is 9.63 Å². The highest BCUT2D eigenvalue weighted by Crippen LogP contribution is 2.24. The average molecular weight is 301 g/mol. The van der Waals surface area contributed by atoms with E-state index in [9.17, 15) is 5.11 Å². The first kappa shape index (κ1) is 15.2.